The number of methoxy groups -OCH3 is 1. The molecular weight excluding hydrogens is 994 g/mol. The molecule has 404 valence electrons. The van der Waals surface area contributed by atoms with E-state index in [1.165, 1.54) is 37.4 Å². The minimum absolute atomic E-state index is 0.0260. The summed E-state index contributed by atoms with van der Waals surface area (Å²) in [4.78, 5) is 92.2. The molecule has 0 bridgehead atoms. The van der Waals surface area contributed by atoms with Crippen LogP contribution in [0, 0.1) is 25.7 Å². The first-order chi connectivity index (χ1) is 35.5. The fraction of sp³-hybridized carbons (Fsp3) is 0.364. The lowest BCUT2D eigenvalue weighted by molar-refractivity contribution is -0.148. The molecule has 76 heavy (non-hydrogen) atoms. The molecule has 2 aliphatic heterocycles. The van der Waals surface area contributed by atoms with Gasteiger partial charge in [-0.2, -0.15) is 13.2 Å². The zero-order valence-corrected chi connectivity index (χ0v) is 44.1. The van der Waals surface area contributed by atoms with Crippen LogP contribution in [0.25, 0.3) is 5.69 Å². The van der Waals surface area contributed by atoms with Gasteiger partial charge in [0.05, 0.1) is 23.9 Å². The van der Waals surface area contributed by atoms with Crippen LogP contribution >= 0.6 is 0 Å². The summed E-state index contributed by atoms with van der Waals surface area (Å²) >= 11 is 0. The molecule has 4 aromatic carbocycles. The molecule has 2 amide bonds. The van der Waals surface area contributed by atoms with Gasteiger partial charge in [0.15, 0.2) is 6.10 Å². The second-order valence-electron chi connectivity index (χ2n) is 19.0. The minimum Gasteiger partial charge on any atom is -0.489 e. The summed E-state index contributed by atoms with van der Waals surface area (Å²) in [6.45, 7) is 18.5. The molecule has 4 N–H and O–H groups in total. The number of carboxylic acids is 2. The highest BCUT2D eigenvalue weighted by Gasteiger charge is 2.44. The number of aliphatic imine (C=N–C) groups is 2. The van der Waals surface area contributed by atoms with Crippen molar-refractivity contribution < 1.29 is 61.6 Å². The number of esters is 1. The maximum atomic E-state index is 13.1. The van der Waals surface area contributed by atoms with Gasteiger partial charge in [-0.25, -0.2) is 23.7 Å². The molecule has 0 radical (unpaired) electrons. The van der Waals surface area contributed by atoms with Crippen LogP contribution in [0.1, 0.15) is 115 Å². The maximum absolute atomic E-state index is 13.1. The van der Waals surface area contributed by atoms with Gasteiger partial charge in [-0.3, -0.25) is 28.9 Å². The number of benzene rings is 4. The Hall–Kier alpha value is -8.36. The zero-order valence-electron chi connectivity index (χ0n) is 44.1. The van der Waals surface area contributed by atoms with Crippen molar-refractivity contribution in [2.75, 3.05) is 7.11 Å². The third kappa shape index (κ3) is 12.9. The normalized spacial score (nSPS) is 17.3. The number of halogens is 3. The average molecular weight is 1060 g/mol. The number of rotatable bonds is 14. The van der Waals surface area contributed by atoms with E-state index in [-0.39, 0.29) is 47.1 Å². The lowest BCUT2D eigenvalue weighted by Crippen LogP contribution is -2.41. The highest BCUT2D eigenvalue weighted by Crippen LogP contribution is 2.31. The Kier molecular flexibility index (Phi) is 18.1. The number of hydrogen-bond donors (Lipinski definition) is 4. The van der Waals surface area contributed by atoms with Crippen LogP contribution in [-0.2, 0) is 45.4 Å². The molecule has 7 rings (SSSR count). The van der Waals surface area contributed by atoms with Gasteiger partial charge in [0, 0.05) is 29.8 Å². The molecule has 21 heteroatoms. The van der Waals surface area contributed by atoms with Crippen molar-refractivity contribution in [2.24, 2.45) is 28.9 Å². The van der Waals surface area contributed by atoms with Gasteiger partial charge in [-0.1, -0.05) is 76.1 Å². The van der Waals surface area contributed by atoms with Crippen LogP contribution < -0.4 is 31.4 Å². The number of alkyl halides is 3. The summed E-state index contributed by atoms with van der Waals surface area (Å²) in [7, 11) is 2.22. The number of nitrogens with zero attached hydrogens (tertiary/aromatic N) is 4. The summed E-state index contributed by atoms with van der Waals surface area (Å²) in [6.07, 6.45) is -4.91. The van der Waals surface area contributed by atoms with E-state index in [4.69, 9.17) is 14.2 Å². The fourth-order valence-corrected chi connectivity index (χ4v) is 7.65. The molecule has 0 spiro atoms. The SMILES string of the molecule is CCc1ccc(COc2ccc(-n3c(=O)cc(C(F)(F)F)n(C)c3=O)cc2)c(OC(C)C(=O)OC)c1.Cc1ccc(C(=O)O)c(C2=NC(C)(C(C)C)C(=O)N2)c1.Cc1ccc(C2=NC(C)(C(C)C)C(=O)N2)c(C(=O)O)c1. The summed E-state index contributed by atoms with van der Waals surface area (Å²) in [5.74, 6) is -1.41. The number of aromatic nitrogens is 2. The van der Waals surface area contributed by atoms with Gasteiger partial charge in [0.1, 0.15) is 46.5 Å². The first-order valence-electron chi connectivity index (χ1n) is 24.0. The van der Waals surface area contributed by atoms with Crippen LogP contribution in [0.5, 0.6) is 11.5 Å². The Labute approximate surface area is 436 Å². The van der Waals surface area contributed by atoms with Gasteiger partial charge in [0.25, 0.3) is 17.4 Å². The summed E-state index contributed by atoms with van der Waals surface area (Å²) in [5.41, 5.74) is -0.549. The molecule has 0 fully saturated rings. The third-order valence-electron chi connectivity index (χ3n) is 13.1. The first kappa shape index (κ1) is 58.5. The second-order valence-corrected chi connectivity index (χ2v) is 19.0. The standard InChI is InChI=1S/C25H25F3N2O6.2C15H18N2O3/c1-5-16-6-7-17(20(12-16)36-15(2)23(32)34-4)14-35-19-10-8-18(9-11-19)30-22(31)13-21(25(26,27)28)29(3)24(30)33;1-8(2)15(4)14(20)16-12(17-15)11-7-9(3)5-6-10(11)13(18)19;1-8(2)15(4)14(20)16-12(17-15)10-6-5-9(3)7-11(10)13(18)19/h6-13,15H,5,14H2,1-4H3;2*5-8H,1-4H3,(H,18,19)(H,16,17,20). The predicted octanol–water partition coefficient (Wildman–Crippen LogP) is 7.61. The number of amidine groups is 2. The van der Waals surface area contributed by atoms with Crippen LogP contribution in [0.2, 0.25) is 0 Å². The van der Waals surface area contributed by atoms with Crippen molar-refractivity contribution in [1.29, 1.82) is 0 Å². The number of carbonyl (C=O) groups is 5. The molecule has 0 saturated carbocycles. The molecule has 3 unspecified atom stereocenters. The second kappa shape index (κ2) is 23.5. The third-order valence-corrected chi connectivity index (χ3v) is 13.1. The van der Waals surface area contributed by atoms with Gasteiger partial charge in [0.2, 0.25) is 0 Å². The smallest absolute Gasteiger partial charge is 0.431 e. The molecule has 1 aromatic heterocycles. The predicted molar refractivity (Wildman–Crippen MR) is 277 cm³/mol. The number of amides is 2. The van der Waals surface area contributed by atoms with E-state index in [9.17, 15) is 56.9 Å². The summed E-state index contributed by atoms with van der Waals surface area (Å²) in [5, 5.41) is 24.0. The Morgan fingerprint density at radius 1 is 0.724 bits per heavy atom. The molecular formula is C55H61F3N6O12. The van der Waals surface area contributed by atoms with Crippen molar-refractivity contribution in [3.8, 4) is 17.2 Å². The van der Waals surface area contributed by atoms with Crippen molar-refractivity contribution in [2.45, 2.75) is 106 Å². The van der Waals surface area contributed by atoms with E-state index in [1.54, 1.807) is 45.0 Å². The highest BCUT2D eigenvalue weighted by atomic mass is 19.4. The largest absolute Gasteiger partial charge is 0.489 e. The molecule has 18 nitrogen and oxygen atoms in total. The highest BCUT2D eigenvalue weighted by molar-refractivity contribution is 6.19. The Bertz CT molecular complexity index is 3250. The van der Waals surface area contributed by atoms with Crippen molar-refractivity contribution in [3.63, 3.8) is 0 Å². The van der Waals surface area contributed by atoms with E-state index in [1.807, 2.05) is 72.7 Å². The topological polar surface area (TPSA) is 246 Å². The minimum atomic E-state index is -4.84. The summed E-state index contributed by atoms with van der Waals surface area (Å²) in [6, 6.07) is 21.7. The molecule has 0 aliphatic carbocycles. The van der Waals surface area contributed by atoms with Crippen LogP contribution in [0.15, 0.2) is 105 Å². The molecule has 0 saturated heterocycles. The van der Waals surface area contributed by atoms with Crippen molar-refractivity contribution in [1.82, 2.24) is 19.8 Å². The molecule has 3 heterocycles. The lowest BCUT2D eigenvalue weighted by Gasteiger charge is -2.21. The maximum Gasteiger partial charge on any atom is 0.431 e. The van der Waals surface area contributed by atoms with Gasteiger partial charge in [-0.05, 0) is 107 Å². The number of aromatic carboxylic acids is 2. The molecule has 3 atom stereocenters. The quantitative estimate of drug-likeness (QED) is 0.0786. The van der Waals surface area contributed by atoms with Gasteiger partial charge in [-0.15, -0.1) is 0 Å². The van der Waals surface area contributed by atoms with E-state index >= 15 is 0 Å². The number of aryl methyl sites for hydroxylation is 3. The van der Waals surface area contributed by atoms with Crippen LogP contribution in [0.3, 0.4) is 0 Å². The van der Waals surface area contributed by atoms with E-state index in [0.29, 0.717) is 55.1 Å². The first-order valence-corrected chi connectivity index (χ1v) is 24.0. The van der Waals surface area contributed by atoms with E-state index in [2.05, 4.69) is 20.6 Å². The molecule has 5 aromatic rings. The van der Waals surface area contributed by atoms with Crippen molar-refractivity contribution >= 4 is 41.4 Å². The summed E-state index contributed by atoms with van der Waals surface area (Å²) < 4.78 is 56.5. The monoisotopic (exact) mass is 1050 g/mol. The number of carbonyl (C=O) groups excluding carboxylic acids is 3. The number of carboxylic acid groups (broad SMARTS) is 2. The zero-order chi connectivity index (χ0) is 56.8. The van der Waals surface area contributed by atoms with Gasteiger partial charge >= 0.3 is 29.8 Å². The number of hydrogen-bond acceptors (Lipinski definition) is 12. The Morgan fingerprint density at radius 2 is 1.26 bits per heavy atom. The molecule has 2 aliphatic rings. The van der Waals surface area contributed by atoms with Crippen LogP contribution in [0.4, 0.5) is 13.2 Å². The Balaban J connectivity index is 0.000000227. The lowest BCUT2D eigenvalue weighted by atomic mass is 9.89. The van der Waals surface area contributed by atoms with Crippen molar-refractivity contribution in [3.05, 3.63) is 156 Å². The number of ether oxygens (including phenoxy) is 3. The average Bonchev–Trinajstić information content (AvgIpc) is 3.86. The Morgan fingerprint density at radius 3 is 1.76 bits per heavy atom. The van der Waals surface area contributed by atoms with E-state index in [0.717, 1.165) is 30.2 Å². The fourth-order valence-electron chi connectivity index (χ4n) is 7.65. The van der Waals surface area contributed by atoms with Crippen LogP contribution in [-0.4, -0.2) is 85.0 Å². The van der Waals surface area contributed by atoms with Gasteiger partial charge < -0.3 is 35.1 Å². The number of nitrogens with one attached hydrogen (secondary N) is 2. The van der Waals surface area contributed by atoms with E-state index < -0.39 is 58.2 Å².